The topological polar surface area (TPSA) is 0 Å². The van der Waals surface area contributed by atoms with Gasteiger partial charge in [0.25, 0.3) is 0 Å². The van der Waals surface area contributed by atoms with Crippen LogP contribution < -0.4 is 0 Å². The van der Waals surface area contributed by atoms with Crippen LogP contribution in [0.15, 0.2) is 11.6 Å². The fourth-order valence-corrected chi connectivity index (χ4v) is 1.56. The Balaban J connectivity index is 2.22. The van der Waals surface area contributed by atoms with E-state index in [4.69, 9.17) is 0 Å². The van der Waals surface area contributed by atoms with Crippen LogP contribution in [0.25, 0.3) is 0 Å². The van der Waals surface area contributed by atoms with Crippen molar-refractivity contribution < 1.29 is 0 Å². The largest absolute Gasteiger partial charge is 0.0822 e. The van der Waals surface area contributed by atoms with Gasteiger partial charge < -0.3 is 0 Å². The van der Waals surface area contributed by atoms with Gasteiger partial charge >= 0.3 is 0 Å². The van der Waals surface area contributed by atoms with Crippen LogP contribution in [0.5, 0.6) is 0 Å². The molecule has 0 aromatic rings. The third-order valence-corrected chi connectivity index (χ3v) is 2.06. The van der Waals surface area contributed by atoms with E-state index in [2.05, 4.69) is 13.0 Å². The highest BCUT2D eigenvalue weighted by molar-refractivity contribution is 5.19. The molecule has 2 rings (SSSR count). The third kappa shape index (κ3) is 0.425. The minimum Gasteiger partial charge on any atom is -0.0822 e. The van der Waals surface area contributed by atoms with Crippen LogP contribution in [0.3, 0.4) is 0 Å². The van der Waals surface area contributed by atoms with Gasteiger partial charge in [-0.1, -0.05) is 11.6 Å². The molecule has 2 aliphatic rings. The first kappa shape index (κ1) is 3.71. The summed E-state index contributed by atoms with van der Waals surface area (Å²) in [5.74, 6) is 2.12. The molecule has 0 heterocycles. The first-order valence-electron chi connectivity index (χ1n) is 3.03. The van der Waals surface area contributed by atoms with E-state index >= 15 is 0 Å². The van der Waals surface area contributed by atoms with E-state index in [1.165, 1.54) is 12.8 Å². The van der Waals surface area contributed by atoms with E-state index in [-0.39, 0.29) is 0 Å². The molecule has 2 atom stereocenters. The van der Waals surface area contributed by atoms with E-state index in [1.54, 1.807) is 5.57 Å². The molecule has 2 unspecified atom stereocenters. The number of hydrogen-bond acceptors (Lipinski definition) is 0. The van der Waals surface area contributed by atoms with Crippen molar-refractivity contribution >= 4 is 0 Å². The number of allylic oxidation sites excluding steroid dienone is 2. The first-order valence-corrected chi connectivity index (χ1v) is 3.03. The van der Waals surface area contributed by atoms with Gasteiger partial charge in [0.1, 0.15) is 0 Å². The summed E-state index contributed by atoms with van der Waals surface area (Å²) < 4.78 is 0. The third-order valence-electron chi connectivity index (χ3n) is 2.06. The SMILES string of the molecule is CC1=CC2CC2C1. The highest BCUT2D eigenvalue weighted by Gasteiger charge is 2.38. The van der Waals surface area contributed by atoms with Crippen LogP contribution in [-0.4, -0.2) is 0 Å². The minimum atomic E-state index is 1.03. The molecule has 0 heteroatoms. The van der Waals surface area contributed by atoms with Gasteiger partial charge in [0.05, 0.1) is 0 Å². The van der Waals surface area contributed by atoms with Gasteiger partial charge in [0.15, 0.2) is 0 Å². The van der Waals surface area contributed by atoms with Gasteiger partial charge in [-0.2, -0.15) is 0 Å². The maximum Gasteiger partial charge on any atom is -0.0196 e. The van der Waals surface area contributed by atoms with Crippen molar-refractivity contribution in [3.05, 3.63) is 11.6 Å². The summed E-state index contributed by atoms with van der Waals surface area (Å²) in [7, 11) is 0. The fourth-order valence-electron chi connectivity index (χ4n) is 1.56. The van der Waals surface area contributed by atoms with Crippen LogP contribution in [0, 0.1) is 11.8 Å². The number of rotatable bonds is 0. The lowest BCUT2D eigenvalue weighted by molar-refractivity contribution is 0.829. The average molecular weight is 94.2 g/mol. The zero-order valence-electron chi connectivity index (χ0n) is 4.65. The quantitative estimate of drug-likeness (QED) is 0.402. The summed E-state index contributed by atoms with van der Waals surface area (Å²) in [6.07, 6.45) is 5.34. The van der Waals surface area contributed by atoms with Crippen LogP contribution in [0.4, 0.5) is 0 Å². The van der Waals surface area contributed by atoms with Gasteiger partial charge in [-0.15, -0.1) is 0 Å². The Morgan fingerprint density at radius 1 is 1.71 bits per heavy atom. The van der Waals surface area contributed by atoms with Gasteiger partial charge in [-0.05, 0) is 31.6 Å². The second-order valence-corrected chi connectivity index (χ2v) is 2.88. The van der Waals surface area contributed by atoms with Crippen molar-refractivity contribution in [3.63, 3.8) is 0 Å². The van der Waals surface area contributed by atoms with Crippen molar-refractivity contribution in [1.29, 1.82) is 0 Å². The van der Waals surface area contributed by atoms with E-state index in [0.717, 1.165) is 11.8 Å². The van der Waals surface area contributed by atoms with Crippen molar-refractivity contribution in [1.82, 2.24) is 0 Å². The maximum atomic E-state index is 2.44. The van der Waals surface area contributed by atoms with Gasteiger partial charge in [-0.3, -0.25) is 0 Å². The van der Waals surface area contributed by atoms with E-state index in [9.17, 15) is 0 Å². The van der Waals surface area contributed by atoms with Crippen molar-refractivity contribution in [2.45, 2.75) is 19.8 Å². The Kier molecular flexibility index (Phi) is 0.495. The minimum absolute atomic E-state index is 1.03. The Morgan fingerprint density at radius 2 is 2.57 bits per heavy atom. The standard InChI is InChI=1S/C7H10/c1-5-2-6-4-7(6)3-5/h2,6-7H,3-4H2,1H3. The molecule has 1 fully saturated rings. The molecule has 0 saturated heterocycles. The average Bonchev–Trinajstić information content (AvgIpc) is 2.15. The summed E-state index contributed by atoms with van der Waals surface area (Å²) in [6.45, 7) is 2.24. The molecule has 0 aromatic carbocycles. The summed E-state index contributed by atoms with van der Waals surface area (Å²) in [4.78, 5) is 0. The van der Waals surface area contributed by atoms with Crippen molar-refractivity contribution in [2.24, 2.45) is 11.8 Å². The number of hydrogen-bond donors (Lipinski definition) is 0. The van der Waals surface area contributed by atoms with E-state index in [1.807, 2.05) is 0 Å². The van der Waals surface area contributed by atoms with Crippen molar-refractivity contribution in [3.8, 4) is 0 Å². The van der Waals surface area contributed by atoms with Gasteiger partial charge in [-0.25, -0.2) is 0 Å². The lowest BCUT2D eigenvalue weighted by atomic mass is 10.2. The Labute approximate surface area is 44.2 Å². The second-order valence-electron chi connectivity index (χ2n) is 2.88. The molecule has 0 radical (unpaired) electrons. The zero-order valence-corrected chi connectivity index (χ0v) is 4.65. The monoisotopic (exact) mass is 94.1 g/mol. The molecule has 0 bridgehead atoms. The summed E-state index contributed by atoms with van der Waals surface area (Å²) >= 11 is 0. The molecule has 1 saturated carbocycles. The molecule has 0 nitrogen and oxygen atoms in total. The fraction of sp³-hybridized carbons (Fsp3) is 0.714. The Hall–Kier alpha value is -0.260. The molecular formula is C7H10. The molecule has 0 amide bonds. The first-order chi connectivity index (χ1) is 3.36. The van der Waals surface area contributed by atoms with E-state index in [0.29, 0.717) is 0 Å². The molecule has 7 heavy (non-hydrogen) atoms. The summed E-state index contributed by atoms with van der Waals surface area (Å²) in [5, 5.41) is 0. The lowest BCUT2D eigenvalue weighted by Crippen LogP contribution is -1.69. The van der Waals surface area contributed by atoms with Crippen LogP contribution in [0.2, 0.25) is 0 Å². The van der Waals surface area contributed by atoms with Crippen LogP contribution >= 0.6 is 0 Å². The molecular weight excluding hydrogens is 84.1 g/mol. The summed E-state index contributed by atoms with van der Waals surface area (Å²) in [6, 6.07) is 0. The highest BCUT2D eigenvalue weighted by atomic mass is 14.4. The number of fused-ring (bicyclic) bond motifs is 1. The highest BCUT2D eigenvalue weighted by Crippen LogP contribution is 2.49. The predicted octanol–water partition coefficient (Wildman–Crippen LogP) is 1.97. The second kappa shape index (κ2) is 0.936. The van der Waals surface area contributed by atoms with Crippen LogP contribution in [-0.2, 0) is 0 Å². The van der Waals surface area contributed by atoms with E-state index < -0.39 is 0 Å². The van der Waals surface area contributed by atoms with Crippen LogP contribution in [0.1, 0.15) is 19.8 Å². The molecule has 0 aromatic heterocycles. The van der Waals surface area contributed by atoms with Gasteiger partial charge in [0.2, 0.25) is 0 Å². The predicted molar refractivity (Wildman–Crippen MR) is 30.0 cm³/mol. The molecule has 0 N–H and O–H groups in total. The lowest BCUT2D eigenvalue weighted by Gasteiger charge is -1.86. The maximum absolute atomic E-state index is 2.44. The normalized spacial score (nSPS) is 45.6. The molecule has 2 aliphatic carbocycles. The molecule has 38 valence electrons. The smallest absolute Gasteiger partial charge is 0.0196 e. The molecule has 0 aliphatic heterocycles. The zero-order chi connectivity index (χ0) is 4.85. The molecule has 0 spiro atoms. The Morgan fingerprint density at radius 3 is 2.86 bits per heavy atom. The van der Waals surface area contributed by atoms with Crippen molar-refractivity contribution in [2.75, 3.05) is 0 Å². The summed E-state index contributed by atoms with van der Waals surface area (Å²) in [5.41, 5.74) is 1.63. The van der Waals surface area contributed by atoms with Gasteiger partial charge in [0, 0.05) is 0 Å². The Bertz CT molecular complexity index is 122.